The predicted molar refractivity (Wildman–Crippen MR) is 81.5 cm³/mol. The molecule has 20 heavy (non-hydrogen) atoms. The third-order valence-corrected chi connectivity index (χ3v) is 3.97. The van der Waals surface area contributed by atoms with Gasteiger partial charge in [0.15, 0.2) is 0 Å². The van der Waals surface area contributed by atoms with Crippen LogP contribution in [-0.2, 0) is 4.79 Å². The van der Waals surface area contributed by atoms with Crippen LogP contribution in [-0.4, -0.2) is 18.4 Å². The Hall–Kier alpha value is -1.85. The number of amides is 2. The molecule has 104 valence electrons. The Balaban J connectivity index is 1.90. The Bertz CT molecular complexity index is 626. The van der Waals surface area contributed by atoms with Crippen LogP contribution in [0.4, 0.5) is 5.69 Å². The van der Waals surface area contributed by atoms with Gasteiger partial charge in [0.2, 0.25) is 5.91 Å². The minimum atomic E-state index is -0.291. The molecule has 2 amide bonds. The van der Waals surface area contributed by atoms with Gasteiger partial charge in [-0.25, -0.2) is 0 Å². The van der Waals surface area contributed by atoms with E-state index in [9.17, 15) is 9.59 Å². The fourth-order valence-corrected chi connectivity index (χ4v) is 2.41. The van der Waals surface area contributed by atoms with E-state index in [0.29, 0.717) is 15.6 Å². The number of carbonyl (C=O) groups is 2. The monoisotopic (exact) mass is 308 g/mol. The molecule has 0 radical (unpaired) electrons. The number of thiophene rings is 1. The van der Waals surface area contributed by atoms with Crippen molar-refractivity contribution in [3.05, 3.63) is 51.2 Å². The van der Waals surface area contributed by atoms with Gasteiger partial charge >= 0.3 is 0 Å². The number of rotatable bonds is 4. The fourth-order valence-electron chi connectivity index (χ4n) is 1.59. The Labute approximate surface area is 125 Å². The van der Waals surface area contributed by atoms with Crippen molar-refractivity contribution in [2.45, 2.75) is 6.92 Å². The van der Waals surface area contributed by atoms with Crippen LogP contribution in [0.15, 0.2) is 35.7 Å². The first-order valence-electron chi connectivity index (χ1n) is 5.94. The van der Waals surface area contributed by atoms with E-state index >= 15 is 0 Å². The molecule has 2 aromatic rings. The topological polar surface area (TPSA) is 58.2 Å². The lowest BCUT2D eigenvalue weighted by Gasteiger charge is -2.09. The molecule has 0 bridgehead atoms. The molecule has 1 heterocycles. The molecule has 0 aliphatic heterocycles. The summed E-state index contributed by atoms with van der Waals surface area (Å²) in [6.07, 6.45) is 0. The molecular weight excluding hydrogens is 296 g/mol. The Morgan fingerprint density at radius 3 is 2.75 bits per heavy atom. The fraction of sp³-hybridized carbons (Fsp3) is 0.143. The number of halogens is 1. The van der Waals surface area contributed by atoms with Crippen molar-refractivity contribution < 1.29 is 9.59 Å². The largest absolute Gasteiger partial charge is 0.342 e. The van der Waals surface area contributed by atoms with Crippen LogP contribution >= 0.6 is 22.9 Å². The summed E-state index contributed by atoms with van der Waals surface area (Å²) in [6.45, 7) is 1.74. The number of benzene rings is 1. The molecular formula is C14H13ClN2O2S. The lowest BCUT2D eigenvalue weighted by atomic mass is 10.2. The van der Waals surface area contributed by atoms with Gasteiger partial charge in [-0.15, -0.1) is 11.3 Å². The average Bonchev–Trinajstić information content (AvgIpc) is 2.95. The first-order valence-corrected chi connectivity index (χ1v) is 7.20. The molecule has 0 fully saturated rings. The number of carbonyl (C=O) groups excluding carboxylic acids is 2. The molecule has 1 aromatic heterocycles. The van der Waals surface area contributed by atoms with Gasteiger partial charge in [0, 0.05) is 10.7 Å². The first-order chi connectivity index (χ1) is 9.58. The van der Waals surface area contributed by atoms with E-state index < -0.39 is 0 Å². The molecule has 0 saturated carbocycles. The number of hydrogen-bond acceptors (Lipinski definition) is 3. The van der Waals surface area contributed by atoms with Crippen molar-refractivity contribution in [3.63, 3.8) is 0 Å². The van der Waals surface area contributed by atoms with Gasteiger partial charge in [-0.1, -0.05) is 23.7 Å². The maximum Gasteiger partial charge on any atom is 0.261 e. The quantitative estimate of drug-likeness (QED) is 0.912. The Morgan fingerprint density at radius 1 is 1.25 bits per heavy atom. The molecule has 0 unspecified atom stereocenters. The number of nitrogens with one attached hydrogen (secondary N) is 2. The van der Waals surface area contributed by atoms with E-state index in [1.54, 1.807) is 30.3 Å². The molecule has 0 spiro atoms. The molecule has 0 atom stereocenters. The molecule has 4 nitrogen and oxygen atoms in total. The summed E-state index contributed by atoms with van der Waals surface area (Å²) in [5, 5.41) is 7.68. The zero-order chi connectivity index (χ0) is 14.5. The number of anilines is 1. The first kappa shape index (κ1) is 14.6. The second-order valence-corrected chi connectivity index (χ2v) is 5.48. The minimum absolute atomic E-state index is 0.0807. The Kier molecular flexibility index (Phi) is 4.76. The predicted octanol–water partition coefficient (Wildman–Crippen LogP) is 3.08. The van der Waals surface area contributed by atoms with Gasteiger partial charge in [-0.2, -0.15) is 0 Å². The maximum atomic E-state index is 11.8. The standard InChI is InChI=1S/C14H13ClN2O2S/c1-9-10(15)4-2-5-11(9)17-13(18)8-16-14(19)12-6-3-7-20-12/h2-7H,8H2,1H3,(H,16,19)(H,17,18). The summed E-state index contributed by atoms with van der Waals surface area (Å²) in [5.74, 6) is -0.543. The van der Waals surface area contributed by atoms with E-state index in [4.69, 9.17) is 11.6 Å². The summed E-state index contributed by atoms with van der Waals surface area (Å²) in [6, 6.07) is 8.77. The highest BCUT2D eigenvalue weighted by molar-refractivity contribution is 7.12. The highest BCUT2D eigenvalue weighted by Gasteiger charge is 2.10. The van der Waals surface area contributed by atoms with Crippen molar-refractivity contribution in [2.24, 2.45) is 0 Å². The smallest absolute Gasteiger partial charge is 0.261 e. The van der Waals surface area contributed by atoms with Gasteiger partial charge in [-0.05, 0) is 36.1 Å². The van der Waals surface area contributed by atoms with Gasteiger partial charge in [0.1, 0.15) is 0 Å². The van der Waals surface area contributed by atoms with Gasteiger partial charge in [0.05, 0.1) is 11.4 Å². The van der Waals surface area contributed by atoms with Gasteiger partial charge in [-0.3, -0.25) is 9.59 Å². The molecule has 0 aliphatic rings. The van der Waals surface area contributed by atoms with Gasteiger partial charge < -0.3 is 10.6 Å². The second-order valence-electron chi connectivity index (χ2n) is 4.12. The van der Waals surface area contributed by atoms with Crippen molar-refractivity contribution in [2.75, 3.05) is 11.9 Å². The molecule has 2 N–H and O–H groups in total. The second kappa shape index (κ2) is 6.54. The normalized spacial score (nSPS) is 10.1. The average molecular weight is 309 g/mol. The third-order valence-electron chi connectivity index (χ3n) is 2.70. The molecule has 0 aliphatic carbocycles. The van der Waals surface area contributed by atoms with Crippen LogP contribution in [0, 0.1) is 6.92 Å². The van der Waals surface area contributed by atoms with Crippen LogP contribution in [0.2, 0.25) is 5.02 Å². The SMILES string of the molecule is Cc1c(Cl)cccc1NC(=O)CNC(=O)c1cccs1. The van der Waals surface area contributed by atoms with E-state index in [-0.39, 0.29) is 18.4 Å². The van der Waals surface area contributed by atoms with Gasteiger partial charge in [0.25, 0.3) is 5.91 Å². The zero-order valence-electron chi connectivity index (χ0n) is 10.8. The van der Waals surface area contributed by atoms with E-state index in [1.807, 2.05) is 12.3 Å². The summed E-state index contributed by atoms with van der Waals surface area (Å²) >= 11 is 7.30. The molecule has 0 saturated heterocycles. The highest BCUT2D eigenvalue weighted by atomic mass is 35.5. The third kappa shape index (κ3) is 3.59. The summed E-state index contributed by atoms with van der Waals surface area (Å²) in [7, 11) is 0. The molecule has 1 aromatic carbocycles. The molecule has 6 heteroatoms. The van der Waals surface area contributed by atoms with Crippen molar-refractivity contribution in [3.8, 4) is 0 Å². The number of hydrogen-bond donors (Lipinski definition) is 2. The highest BCUT2D eigenvalue weighted by Crippen LogP contribution is 2.22. The van der Waals surface area contributed by atoms with Crippen molar-refractivity contribution in [1.29, 1.82) is 0 Å². The van der Waals surface area contributed by atoms with Crippen LogP contribution in [0.5, 0.6) is 0 Å². The van der Waals surface area contributed by atoms with E-state index in [1.165, 1.54) is 11.3 Å². The van der Waals surface area contributed by atoms with Crippen molar-refractivity contribution in [1.82, 2.24) is 5.32 Å². The lowest BCUT2D eigenvalue weighted by Crippen LogP contribution is -2.32. The maximum absolute atomic E-state index is 11.8. The minimum Gasteiger partial charge on any atom is -0.342 e. The van der Waals surface area contributed by atoms with Crippen LogP contribution in [0.3, 0.4) is 0 Å². The lowest BCUT2D eigenvalue weighted by molar-refractivity contribution is -0.115. The Morgan fingerprint density at radius 2 is 2.05 bits per heavy atom. The van der Waals surface area contributed by atoms with Crippen LogP contribution < -0.4 is 10.6 Å². The zero-order valence-corrected chi connectivity index (χ0v) is 12.3. The van der Waals surface area contributed by atoms with E-state index in [0.717, 1.165) is 5.56 Å². The van der Waals surface area contributed by atoms with Crippen molar-refractivity contribution >= 4 is 40.4 Å². The summed E-state index contributed by atoms with van der Waals surface area (Å²) < 4.78 is 0. The van der Waals surface area contributed by atoms with Crippen LogP contribution in [0.25, 0.3) is 0 Å². The van der Waals surface area contributed by atoms with Crippen LogP contribution in [0.1, 0.15) is 15.2 Å². The summed E-state index contributed by atoms with van der Waals surface area (Å²) in [5.41, 5.74) is 1.44. The summed E-state index contributed by atoms with van der Waals surface area (Å²) in [4.78, 5) is 24.0. The van der Waals surface area contributed by atoms with E-state index in [2.05, 4.69) is 10.6 Å². The molecule has 2 rings (SSSR count).